The molecule has 1 N–H and O–H groups in total. The van der Waals surface area contributed by atoms with Gasteiger partial charge in [0, 0.05) is 12.0 Å². The minimum atomic E-state index is -1.32. The number of fused-ring (bicyclic) bond motifs is 1. The van der Waals surface area contributed by atoms with Crippen molar-refractivity contribution in [2.45, 2.75) is 58.6 Å². The van der Waals surface area contributed by atoms with E-state index in [0.29, 0.717) is 17.7 Å². The van der Waals surface area contributed by atoms with E-state index in [-0.39, 0.29) is 17.7 Å². The zero-order valence-corrected chi connectivity index (χ0v) is 20.2. The Morgan fingerprint density at radius 2 is 1.81 bits per heavy atom. The Hall–Kier alpha value is -2.71. The standard InChI is InChI=1S/C24H30N2O5S/c1-23(2,3)18-12-10-16(11-13-18)15-25(21(27)28)26(6,32)22(29)30-19-9-7-8-17-14-24(4,5)31-20(17)19/h7-13H,14-15H2,1-6H3,(H,27,28). The Bertz CT molecular complexity index is 1030. The van der Waals surface area contributed by atoms with Crippen LogP contribution in [0.25, 0.3) is 0 Å². The fraction of sp³-hybridized carbons (Fsp3) is 0.417. The van der Waals surface area contributed by atoms with E-state index in [9.17, 15) is 14.7 Å². The van der Waals surface area contributed by atoms with Gasteiger partial charge in [-0.1, -0.05) is 57.2 Å². The van der Waals surface area contributed by atoms with E-state index in [1.165, 1.54) is 7.05 Å². The summed E-state index contributed by atoms with van der Waals surface area (Å²) in [5.74, 6) is 0.715. The van der Waals surface area contributed by atoms with Crippen LogP contribution in [0.5, 0.6) is 11.5 Å². The minimum Gasteiger partial charge on any atom is -0.483 e. The predicted molar refractivity (Wildman–Crippen MR) is 123 cm³/mol. The predicted octanol–water partition coefficient (Wildman–Crippen LogP) is 5.20. The van der Waals surface area contributed by atoms with Crippen molar-refractivity contribution in [3.05, 3.63) is 59.2 Å². The summed E-state index contributed by atoms with van der Waals surface area (Å²) in [6, 6.07) is 12.9. The third kappa shape index (κ3) is 5.02. The van der Waals surface area contributed by atoms with Crippen LogP contribution in [0.15, 0.2) is 42.5 Å². The molecule has 8 heteroatoms. The topological polar surface area (TPSA) is 76.1 Å². The highest BCUT2D eigenvalue weighted by molar-refractivity contribution is 7.52. The number of benzene rings is 2. The molecule has 3 rings (SSSR count). The monoisotopic (exact) mass is 458 g/mol. The van der Waals surface area contributed by atoms with Gasteiger partial charge in [-0.3, -0.25) is 0 Å². The normalized spacial score (nSPS) is 16.5. The summed E-state index contributed by atoms with van der Waals surface area (Å²) >= 11 is 5.39. The van der Waals surface area contributed by atoms with E-state index in [4.69, 9.17) is 22.3 Å². The fourth-order valence-electron chi connectivity index (χ4n) is 3.59. The molecule has 7 nitrogen and oxygen atoms in total. The summed E-state index contributed by atoms with van der Waals surface area (Å²) in [7, 11) is 1.31. The summed E-state index contributed by atoms with van der Waals surface area (Å²) < 4.78 is 10.4. The van der Waals surface area contributed by atoms with Crippen LogP contribution < -0.4 is 9.47 Å². The van der Waals surface area contributed by atoms with E-state index in [0.717, 1.165) is 16.1 Å². The van der Waals surface area contributed by atoms with Crippen molar-refractivity contribution in [3.8, 4) is 11.5 Å². The highest BCUT2D eigenvalue weighted by Crippen LogP contribution is 2.42. The summed E-state index contributed by atoms with van der Waals surface area (Å²) in [6.45, 7) is 10.1. The number of carbonyl (C=O) groups is 2. The Morgan fingerprint density at radius 1 is 1.19 bits per heavy atom. The Morgan fingerprint density at radius 3 is 2.38 bits per heavy atom. The molecule has 0 saturated heterocycles. The van der Waals surface area contributed by atoms with Crippen molar-refractivity contribution >= 4 is 25.0 Å². The number of hydrogen-bond donors (Lipinski definition) is 1. The molecule has 2 amide bonds. The third-order valence-corrected chi connectivity index (χ3v) is 5.77. The molecule has 32 heavy (non-hydrogen) atoms. The summed E-state index contributed by atoms with van der Waals surface area (Å²) in [5, 5.41) is 10.7. The average molecular weight is 459 g/mol. The molecule has 2 aromatic rings. The van der Waals surface area contributed by atoms with E-state index in [1.54, 1.807) is 12.1 Å². The van der Waals surface area contributed by atoms with E-state index in [1.807, 2.05) is 44.2 Å². The number of carboxylic acid groups (broad SMARTS) is 1. The minimum absolute atomic E-state index is 0.0238. The second-order valence-corrected chi connectivity index (χ2v) is 10.5. The quantitative estimate of drug-likeness (QED) is 0.387. The molecule has 1 unspecified atom stereocenters. The first kappa shape index (κ1) is 23.9. The van der Waals surface area contributed by atoms with Crippen molar-refractivity contribution in [3.63, 3.8) is 0 Å². The Balaban J connectivity index is 1.81. The van der Waals surface area contributed by atoms with Crippen LogP contribution in [0.4, 0.5) is 9.59 Å². The van der Waals surface area contributed by atoms with Crippen molar-refractivity contribution in [2.75, 3.05) is 7.05 Å². The van der Waals surface area contributed by atoms with Crippen molar-refractivity contribution in [1.29, 1.82) is 0 Å². The lowest BCUT2D eigenvalue weighted by Gasteiger charge is -2.41. The first-order chi connectivity index (χ1) is 14.7. The van der Waals surface area contributed by atoms with Gasteiger partial charge in [-0.2, -0.15) is 9.80 Å². The molecule has 1 aliphatic rings. The van der Waals surface area contributed by atoms with Crippen LogP contribution >= 0.6 is 0 Å². The maximum atomic E-state index is 13.0. The van der Waals surface area contributed by atoms with E-state index in [2.05, 4.69) is 20.8 Å². The van der Waals surface area contributed by atoms with Gasteiger partial charge in [0.05, 0.1) is 13.6 Å². The van der Waals surface area contributed by atoms with Gasteiger partial charge >= 0.3 is 12.2 Å². The molecule has 1 aliphatic heterocycles. The maximum Gasteiger partial charge on any atom is 0.528 e. The van der Waals surface area contributed by atoms with Gasteiger partial charge in [0.2, 0.25) is 0 Å². The van der Waals surface area contributed by atoms with Gasteiger partial charge in [0.15, 0.2) is 11.5 Å². The van der Waals surface area contributed by atoms with Gasteiger partial charge < -0.3 is 27.4 Å². The number of hydrogen-bond acceptors (Lipinski definition) is 5. The van der Waals surface area contributed by atoms with Gasteiger partial charge in [0.1, 0.15) is 5.60 Å². The molecule has 0 spiro atoms. The molecule has 0 aliphatic carbocycles. The van der Waals surface area contributed by atoms with Gasteiger partial charge in [-0.15, -0.1) is 0 Å². The first-order valence-corrected chi connectivity index (χ1v) is 10.8. The SMILES string of the molecule is CC1(C)Cc2cccc(OC(=O)[N+](C)([S-])N(Cc3ccc(C(C)(C)C)cc3)C(=O)O)c2O1. The Labute approximate surface area is 194 Å². The van der Waals surface area contributed by atoms with Crippen molar-refractivity contribution in [2.24, 2.45) is 0 Å². The first-order valence-electron chi connectivity index (χ1n) is 10.4. The summed E-state index contributed by atoms with van der Waals surface area (Å²) in [5.41, 5.74) is 2.33. The fourth-order valence-corrected chi connectivity index (χ4v) is 3.76. The zero-order valence-electron chi connectivity index (χ0n) is 19.3. The molecule has 0 fully saturated rings. The highest BCUT2D eigenvalue weighted by atomic mass is 32.1. The smallest absolute Gasteiger partial charge is 0.483 e. The molecular formula is C24H30N2O5S. The molecule has 0 saturated carbocycles. The van der Waals surface area contributed by atoms with E-state index < -0.39 is 21.8 Å². The summed E-state index contributed by atoms with van der Waals surface area (Å²) in [4.78, 5) is 25.0. The number of nitrogens with zero attached hydrogens (tertiary/aromatic N) is 2. The van der Waals surface area contributed by atoms with E-state index >= 15 is 0 Å². The van der Waals surface area contributed by atoms with Gasteiger partial charge in [-0.05, 0) is 36.5 Å². The molecular weight excluding hydrogens is 428 g/mol. The average Bonchev–Trinajstić information content (AvgIpc) is 3.00. The second kappa shape index (κ2) is 8.33. The largest absolute Gasteiger partial charge is 0.528 e. The number of carbonyl (C=O) groups excluding carboxylic acids is 1. The van der Waals surface area contributed by atoms with Crippen molar-refractivity contribution in [1.82, 2.24) is 5.01 Å². The van der Waals surface area contributed by atoms with Crippen LogP contribution in [0.2, 0.25) is 0 Å². The number of ether oxygens (including phenoxy) is 2. The second-order valence-electron chi connectivity index (χ2n) is 9.82. The molecule has 1 heterocycles. The Kier molecular flexibility index (Phi) is 6.23. The van der Waals surface area contributed by atoms with Crippen LogP contribution in [0.1, 0.15) is 51.3 Å². The lowest BCUT2D eigenvalue weighted by molar-refractivity contribution is -0.818. The van der Waals surface area contributed by atoms with Gasteiger partial charge in [-0.25, -0.2) is 8.79 Å². The molecule has 1 atom stereocenters. The van der Waals surface area contributed by atoms with Crippen molar-refractivity contribution < 1.29 is 28.2 Å². The molecule has 172 valence electrons. The number of rotatable bonds is 3. The van der Waals surface area contributed by atoms with Gasteiger partial charge in [0.25, 0.3) is 0 Å². The maximum absolute atomic E-state index is 13.0. The molecule has 2 aromatic carbocycles. The zero-order chi connectivity index (χ0) is 23.9. The number of amides is 2. The van der Waals surface area contributed by atoms with Crippen LogP contribution in [-0.4, -0.2) is 38.9 Å². The van der Waals surface area contributed by atoms with Crippen LogP contribution in [-0.2, 0) is 31.2 Å². The number of para-hydroxylation sites is 1. The highest BCUT2D eigenvalue weighted by Gasteiger charge is 2.38. The summed E-state index contributed by atoms with van der Waals surface area (Å²) in [6.07, 6.45) is -1.55. The molecule has 0 radical (unpaired) electrons. The molecule has 0 aromatic heterocycles. The number of quaternary nitrogens is 1. The molecule has 0 bridgehead atoms. The van der Waals surface area contributed by atoms with Crippen LogP contribution in [0, 0.1) is 0 Å². The lowest BCUT2D eigenvalue weighted by Crippen LogP contribution is -2.59. The lowest BCUT2D eigenvalue weighted by atomic mass is 9.87. The van der Waals surface area contributed by atoms with Crippen LogP contribution in [0.3, 0.4) is 0 Å². The third-order valence-electron chi connectivity index (χ3n) is 5.42.